The van der Waals surface area contributed by atoms with E-state index in [0.29, 0.717) is 44.9 Å². The number of aliphatic carboxylic acids is 1. The summed E-state index contributed by atoms with van der Waals surface area (Å²) in [6, 6.07) is 0. The van der Waals surface area contributed by atoms with Crippen LogP contribution >= 0.6 is 0 Å². The lowest BCUT2D eigenvalue weighted by Crippen LogP contribution is -2.68. The Morgan fingerprint density at radius 2 is 1.15 bits per heavy atom. The molecule has 25 heteroatoms. The zero-order valence-corrected chi connectivity index (χ0v) is 45.6. The summed E-state index contributed by atoms with van der Waals surface area (Å²) < 4.78 is 46.7. The Labute approximate surface area is 457 Å². The molecule has 0 aromatic heterocycles. The highest BCUT2D eigenvalue weighted by molar-refractivity contribution is 5.77. The fourth-order valence-corrected chi connectivity index (χ4v) is 16.4. The molecular weight excluding hydrogens is 1050 g/mol. The van der Waals surface area contributed by atoms with E-state index in [-0.39, 0.29) is 40.6 Å². The van der Waals surface area contributed by atoms with Crippen LogP contribution in [0, 0.1) is 50.2 Å². The third-order valence-electron chi connectivity index (χ3n) is 21.8. The summed E-state index contributed by atoms with van der Waals surface area (Å²) >= 11 is 0. The van der Waals surface area contributed by atoms with Crippen molar-refractivity contribution < 1.29 is 124 Å². The topological polar surface area (TPSA) is 411 Å². The number of aliphatic hydroxyl groups excluding tert-OH is 14. The van der Waals surface area contributed by atoms with E-state index in [0.717, 1.165) is 19.3 Å². The molecule has 25 nitrogen and oxygen atoms in total. The number of carbonyl (C=O) groups is 2. The van der Waals surface area contributed by atoms with Gasteiger partial charge in [0.15, 0.2) is 25.0 Å². The third kappa shape index (κ3) is 10.1. The Morgan fingerprint density at radius 3 is 1.76 bits per heavy atom. The molecule has 4 saturated carbocycles. The first kappa shape index (κ1) is 61.4. The maximum absolute atomic E-state index is 14.5. The molecule has 8 fully saturated rings. The predicted molar refractivity (Wildman–Crippen MR) is 265 cm³/mol. The molecule has 0 amide bonds. The number of allylic oxidation sites excluding steroid dienone is 2. The van der Waals surface area contributed by atoms with E-state index in [1.54, 1.807) is 0 Å². The van der Waals surface area contributed by atoms with Crippen molar-refractivity contribution in [2.24, 2.45) is 50.2 Å². The lowest BCUT2D eigenvalue weighted by Gasteiger charge is -2.71. The van der Waals surface area contributed by atoms with Gasteiger partial charge in [-0.05, 0) is 111 Å². The molecule has 9 rings (SSSR count). The minimum absolute atomic E-state index is 0.0610. The summed E-state index contributed by atoms with van der Waals surface area (Å²) in [5.41, 5.74) is -2.00. The molecule has 30 atom stereocenters. The maximum Gasteiger partial charge on any atom is 0.335 e. The van der Waals surface area contributed by atoms with Crippen LogP contribution < -0.4 is 0 Å². The van der Waals surface area contributed by atoms with Crippen molar-refractivity contribution in [1.82, 2.24) is 0 Å². The fraction of sp³-hybridized carbons (Fsp3) is 0.926. The molecule has 0 bridgehead atoms. The number of hydrogen-bond donors (Lipinski definition) is 15. The van der Waals surface area contributed by atoms with Crippen molar-refractivity contribution in [2.45, 2.75) is 235 Å². The third-order valence-corrected chi connectivity index (χ3v) is 21.8. The highest BCUT2D eigenvalue weighted by Crippen LogP contribution is 2.76. The van der Waals surface area contributed by atoms with Gasteiger partial charge in [0.1, 0.15) is 91.6 Å². The van der Waals surface area contributed by atoms with Crippen LogP contribution in [0.5, 0.6) is 0 Å². The van der Waals surface area contributed by atoms with Gasteiger partial charge in [-0.3, -0.25) is 4.79 Å². The summed E-state index contributed by atoms with van der Waals surface area (Å²) in [6.07, 6.45) is -26.9. The molecular formula is C54H86O25. The van der Waals surface area contributed by atoms with Crippen LogP contribution in [0.15, 0.2) is 11.6 Å². The van der Waals surface area contributed by atoms with Gasteiger partial charge < -0.3 is 114 Å². The molecule has 0 aromatic rings. The van der Waals surface area contributed by atoms with E-state index in [1.807, 2.05) is 13.8 Å². The molecule has 4 saturated heterocycles. The average Bonchev–Trinajstić information content (AvgIpc) is 3.56. The molecule has 30 unspecified atom stereocenters. The molecule has 452 valence electrons. The highest BCUT2D eigenvalue weighted by Gasteiger charge is 2.70. The van der Waals surface area contributed by atoms with Gasteiger partial charge in [-0.25, -0.2) is 4.79 Å². The molecule has 0 aromatic carbocycles. The normalized spacial score (nSPS) is 54.8. The van der Waals surface area contributed by atoms with Crippen molar-refractivity contribution in [3.05, 3.63) is 11.6 Å². The van der Waals surface area contributed by atoms with Crippen LogP contribution in [0.4, 0.5) is 0 Å². The van der Waals surface area contributed by atoms with Gasteiger partial charge in [-0.2, -0.15) is 0 Å². The number of rotatable bonds is 13. The summed E-state index contributed by atoms with van der Waals surface area (Å²) in [4.78, 5) is 26.9. The second-order valence-corrected chi connectivity index (χ2v) is 26.1. The standard InChI is InChI=1S/C54H86O25/c1-49-13-14-50(2,48(71)79-46-40(68)35(63)32(60)26(75-46)20-72-44-38(66)33(61)30(58)24(18-55)73-44)17-23(49)22-7-8-28-51(3)11-10-29(52(4,21-57)27(51)9-12-54(28,6)53(22,5)16-15-49)76-47-42(37(65)36(64)41(77-47)43(69)70)78-45-39(67)34(62)31(59)25(19-56)74-45/h7,23-42,44-47,55-68H,8-21H2,1-6H3,(H,69,70). The molecule has 79 heavy (non-hydrogen) atoms. The number of esters is 1. The monoisotopic (exact) mass is 1130 g/mol. The minimum atomic E-state index is -2.04. The quantitative estimate of drug-likeness (QED) is 0.0497. The van der Waals surface area contributed by atoms with Gasteiger partial charge in [-0.1, -0.05) is 46.3 Å². The van der Waals surface area contributed by atoms with Crippen molar-refractivity contribution in [2.75, 3.05) is 26.4 Å². The summed E-state index contributed by atoms with van der Waals surface area (Å²) in [5.74, 6) is -2.42. The van der Waals surface area contributed by atoms with Crippen LogP contribution in [0.25, 0.3) is 0 Å². The lowest BCUT2D eigenvalue weighted by molar-refractivity contribution is -0.375. The second kappa shape index (κ2) is 22.4. The molecule has 5 aliphatic carbocycles. The van der Waals surface area contributed by atoms with Crippen LogP contribution in [-0.2, 0) is 47.5 Å². The van der Waals surface area contributed by atoms with Crippen molar-refractivity contribution in [3.8, 4) is 0 Å². The van der Waals surface area contributed by atoms with E-state index in [4.69, 9.17) is 37.9 Å². The Hall–Kier alpha value is -2.16. The first-order chi connectivity index (χ1) is 37.0. The summed E-state index contributed by atoms with van der Waals surface area (Å²) in [6.45, 7) is 10.5. The van der Waals surface area contributed by atoms with Crippen molar-refractivity contribution in [1.29, 1.82) is 0 Å². The number of fused-ring (bicyclic) bond motifs is 7. The Morgan fingerprint density at radius 1 is 0.582 bits per heavy atom. The van der Waals surface area contributed by atoms with E-state index in [2.05, 4.69) is 33.8 Å². The smallest absolute Gasteiger partial charge is 0.335 e. The zero-order chi connectivity index (χ0) is 57.9. The van der Waals surface area contributed by atoms with Crippen LogP contribution in [0.2, 0.25) is 0 Å². The van der Waals surface area contributed by atoms with Gasteiger partial charge in [0.25, 0.3) is 0 Å². The van der Waals surface area contributed by atoms with Gasteiger partial charge in [0.2, 0.25) is 6.29 Å². The number of ether oxygens (including phenoxy) is 8. The largest absolute Gasteiger partial charge is 0.479 e. The number of aliphatic hydroxyl groups is 14. The van der Waals surface area contributed by atoms with E-state index in [9.17, 15) is 86.2 Å². The van der Waals surface area contributed by atoms with Crippen LogP contribution in [-0.4, -0.2) is 244 Å². The van der Waals surface area contributed by atoms with E-state index < -0.39 is 177 Å². The Bertz CT molecular complexity index is 2220. The molecule has 9 aliphatic rings. The number of carboxylic acids is 1. The zero-order valence-electron chi connectivity index (χ0n) is 45.6. The molecule has 0 spiro atoms. The van der Waals surface area contributed by atoms with E-state index >= 15 is 0 Å². The van der Waals surface area contributed by atoms with Crippen molar-refractivity contribution in [3.63, 3.8) is 0 Å². The van der Waals surface area contributed by atoms with Gasteiger partial charge in [0.05, 0.1) is 37.9 Å². The number of carboxylic acid groups (broad SMARTS) is 1. The molecule has 4 aliphatic heterocycles. The Kier molecular flexibility index (Phi) is 17.4. The van der Waals surface area contributed by atoms with Crippen LogP contribution in [0.3, 0.4) is 0 Å². The minimum Gasteiger partial charge on any atom is -0.479 e. The molecule has 15 N–H and O–H groups in total. The Balaban J connectivity index is 0.914. The van der Waals surface area contributed by atoms with Gasteiger partial charge in [0, 0.05) is 5.41 Å². The number of carbonyl (C=O) groups excluding carboxylic acids is 1. The SMILES string of the molecule is CC1(C(=O)OC2OC(COC3OC(CO)C(O)C(O)C3O)C(O)C(O)C2O)CCC2(C)CCC3(C)C(=CCC4C5(C)CCC(OC6OC(C(=O)O)C(O)C(O)C6OC6OC(CO)C(O)C(O)C6O)C(C)(CO)C5CCC43C)C2C1. The van der Waals surface area contributed by atoms with Gasteiger partial charge >= 0.3 is 11.9 Å². The fourth-order valence-electron chi connectivity index (χ4n) is 16.4. The van der Waals surface area contributed by atoms with Gasteiger partial charge in [-0.15, -0.1) is 0 Å². The van der Waals surface area contributed by atoms with Crippen molar-refractivity contribution >= 4 is 11.9 Å². The predicted octanol–water partition coefficient (Wildman–Crippen LogP) is -2.97. The average molecular weight is 1140 g/mol. The molecule has 0 radical (unpaired) electrons. The first-order valence-electron chi connectivity index (χ1n) is 28.0. The van der Waals surface area contributed by atoms with E-state index in [1.165, 1.54) is 5.57 Å². The summed E-state index contributed by atoms with van der Waals surface area (Å²) in [5, 5.41) is 159. The highest BCUT2D eigenvalue weighted by atomic mass is 16.8. The van der Waals surface area contributed by atoms with Crippen LogP contribution in [0.1, 0.15) is 106 Å². The lowest BCUT2D eigenvalue weighted by atomic mass is 9.33. The summed E-state index contributed by atoms with van der Waals surface area (Å²) in [7, 11) is 0. The molecule has 4 heterocycles. The first-order valence-corrected chi connectivity index (χ1v) is 28.0. The maximum atomic E-state index is 14.5. The number of hydrogen-bond acceptors (Lipinski definition) is 24. The second-order valence-electron chi connectivity index (χ2n) is 26.1.